The molecule has 0 aromatic carbocycles. The molecule has 2 aliphatic heterocycles. The van der Waals surface area contributed by atoms with Crippen molar-refractivity contribution in [2.75, 3.05) is 13.1 Å². The second-order valence-corrected chi connectivity index (χ2v) is 8.52. The van der Waals surface area contributed by atoms with Gasteiger partial charge in [-0.2, -0.15) is 4.31 Å². The first kappa shape index (κ1) is 13.7. The van der Waals surface area contributed by atoms with Crippen LogP contribution in [0.15, 0.2) is 24.4 Å². The standard InChI is InChI=1S/C15H21N3O2S/c19-21(20,13-4-5-13)18-10-7-14-15(18)6-9-17(14)11-12-3-1-2-8-16-12/h1-3,8,13-15H,4-7,9-11H2/t14-,15-/m0/s1. The van der Waals surface area contributed by atoms with E-state index in [1.807, 2.05) is 28.7 Å². The molecule has 3 aliphatic rings. The number of hydrogen-bond acceptors (Lipinski definition) is 4. The van der Waals surface area contributed by atoms with Crippen LogP contribution in [-0.4, -0.2) is 53.0 Å². The minimum Gasteiger partial charge on any atom is -0.293 e. The lowest BCUT2D eigenvalue weighted by Gasteiger charge is -2.25. The van der Waals surface area contributed by atoms with E-state index in [-0.39, 0.29) is 11.3 Å². The summed E-state index contributed by atoms with van der Waals surface area (Å²) >= 11 is 0. The van der Waals surface area contributed by atoms with Crippen molar-refractivity contribution in [1.82, 2.24) is 14.2 Å². The van der Waals surface area contributed by atoms with E-state index in [1.54, 1.807) is 0 Å². The Morgan fingerprint density at radius 1 is 1.10 bits per heavy atom. The Kier molecular flexibility index (Phi) is 3.28. The van der Waals surface area contributed by atoms with Gasteiger partial charge in [0.1, 0.15) is 0 Å². The van der Waals surface area contributed by atoms with Gasteiger partial charge in [0.25, 0.3) is 0 Å². The third kappa shape index (κ3) is 2.39. The first-order valence-electron chi connectivity index (χ1n) is 7.81. The molecular formula is C15H21N3O2S. The van der Waals surface area contributed by atoms with Crippen LogP contribution in [0.5, 0.6) is 0 Å². The number of likely N-dealkylation sites (tertiary alicyclic amines) is 1. The number of sulfonamides is 1. The molecule has 1 saturated carbocycles. The van der Waals surface area contributed by atoms with Crippen molar-refractivity contribution < 1.29 is 8.42 Å². The zero-order chi connectivity index (χ0) is 14.4. The molecular weight excluding hydrogens is 286 g/mol. The highest BCUT2D eigenvalue weighted by Gasteiger charge is 2.50. The molecule has 3 heterocycles. The van der Waals surface area contributed by atoms with Crippen molar-refractivity contribution in [3.63, 3.8) is 0 Å². The maximum Gasteiger partial charge on any atom is 0.217 e. The third-order valence-electron chi connectivity index (χ3n) is 5.00. The fraction of sp³-hybridized carbons (Fsp3) is 0.667. The smallest absolute Gasteiger partial charge is 0.217 e. The number of nitrogens with zero attached hydrogens (tertiary/aromatic N) is 3. The Hall–Kier alpha value is -0.980. The van der Waals surface area contributed by atoms with E-state index in [2.05, 4.69) is 9.88 Å². The largest absolute Gasteiger partial charge is 0.293 e. The average molecular weight is 307 g/mol. The minimum absolute atomic E-state index is 0.0823. The van der Waals surface area contributed by atoms with Crippen LogP contribution in [0.3, 0.4) is 0 Å². The highest BCUT2D eigenvalue weighted by molar-refractivity contribution is 7.90. The molecule has 114 valence electrons. The number of hydrogen-bond donors (Lipinski definition) is 0. The molecule has 2 saturated heterocycles. The summed E-state index contributed by atoms with van der Waals surface area (Å²) in [5.74, 6) is 0. The van der Waals surface area contributed by atoms with Crippen molar-refractivity contribution in [3.05, 3.63) is 30.1 Å². The highest BCUT2D eigenvalue weighted by atomic mass is 32.2. The molecule has 5 nitrogen and oxygen atoms in total. The van der Waals surface area contributed by atoms with Gasteiger partial charge in [-0.05, 0) is 37.8 Å². The molecule has 1 aliphatic carbocycles. The van der Waals surface area contributed by atoms with E-state index in [9.17, 15) is 8.42 Å². The van der Waals surface area contributed by atoms with Crippen molar-refractivity contribution in [3.8, 4) is 0 Å². The zero-order valence-electron chi connectivity index (χ0n) is 12.1. The predicted octanol–water partition coefficient (Wildman–Crippen LogP) is 1.22. The topological polar surface area (TPSA) is 53.5 Å². The summed E-state index contributed by atoms with van der Waals surface area (Å²) in [6, 6.07) is 6.55. The van der Waals surface area contributed by atoms with Gasteiger partial charge in [-0.25, -0.2) is 8.42 Å². The predicted molar refractivity (Wildman–Crippen MR) is 80.1 cm³/mol. The van der Waals surface area contributed by atoms with Gasteiger partial charge in [0.2, 0.25) is 10.0 Å². The summed E-state index contributed by atoms with van der Waals surface area (Å²) in [6.45, 7) is 2.51. The molecule has 1 aromatic heterocycles. The number of rotatable bonds is 4. The van der Waals surface area contributed by atoms with Crippen LogP contribution in [0.4, 0.5) is 0 Å². The Labute approximate surface area is 126 Å². The van der Waals surface area contributed by atoms with Crippen molar-refractivity contribution in [2.45, 2.75) is 49.6 Å². The first-order chi connectivity index (χ1) is 10.2. The minimum atomic E-state index is -3.02. The van der Waals surface area contributed by atoms with Crippen LogP contribution in [0.2, 0.25) is 0 Å². The van der Waals surface area contributed by atoms with Gasteiger partial charge in [-0.1, -0.05) is 6.07 Å². The second kappa shape index (κ2) is 5.04. The average Bonchev–Trinajstić information content (AvgIpc) is 3.15. The van der Waals surface area contributed by atoms with E-state index in [0.29, 0.717) is 12.6 Å². The Morgan fingerprint density at radius 2 is 1.90 bits per heavy atom. The molecule has 0 radical (unpaired) electrons. The second-order valence-electron chi connectivity index (χ2n) is 6.36. The Balaban J connectivity index is 1.48. The summed E-state index contributed by atoms with van der Waals surface area (Å²) in [5.41, 5.74) is 1.07. The quantitative estimate of drug-likeness (QED) is 0.839. The van der Waals surface area contributed by atoms with Crippen LogP contribution in [-0.2, 0) is 16.6 Å². The van der Waals surface area contributed by atoms with Crippen molar-refractivity contribution in [2.24, 2.45) is 0 Å². The maximum absolute atomic E-state index is 12.5. The molecule has 21 heavy (non-hydrogen) atoms. The van der Waals surface area contributed by atoms with E-state index in [4.69, 9.17) is 0 Å². The summed E-state index contributed by atoms with van der Waals surface area (Å²) < 4.78 is 26.8. The van der Waals surface area contributed by atoms with Crippen molar-refractivity contribution >= 4 is 10.0 Å². The van der Waals surface area contributed by atoms with E-state index in [1.165, 1.54) is 0 Å². The molecule has 0 amide bonds. The SMILES string of the molecule is O=S(=O)(C1CC1)N1CC[C@H]2[C@@H]1CCN2Cc1ccccn1. The zero-order valence-corrected chi connectivity index (χ0v) is 12.9. The van der Waals surface area contributed by atoms with Gasteiger partial charge in [-0.3, -0.25) is 9.88 Å². The van der Waals surface area contributed by atoms with E-state index >= 15 is 0 Å². The monoisotopic (exact) mass is 307 g/mol. The molecule has 0 bridgehead atoms. The lowest BCUT2D eigenvalue weighted by molar-refractivity contribution is 0.237. The van der Waals surface area contributed by atoms with Crippen molar-refractivity contribution in [1.29, 1.82) is 0 Å². The van der Waals surface area contributed by atoms with Gasteiger partial charge >= 0.3 is 0 Å². The summed E-state index contributed by atoms with van der Waals surface area (Å²) in [5, 5.41) is -0.0823. The Bertz CT molecular complexity index is 615. The van der Waals surface area contributed by atoms with Gasteiger partial charge < -0.3 is 0 Å². The van der Waals surface area contributed by atoms with Crippen LogP contribution < -0.4 is 0 Å². The fourth-order valence-corrected chi connectivity index (χ4v) is 5.90. The van der Waals surface area contributed by atoms with Crippen LogP contribution >= 0.6 is 0 Å². The molecule has 0 unspecified atom stereocenters. The fourth-order valence-electron chi connectivity index (χ4n) is 3.81. The van der Waals surface area contributed by atoms with Crippen LogP contribution in [0.1, 0.15) is 31.4 Å². The third-order valence-corrected chi connectivity index (χ3v) is 7.43. The molecule has 3 fully saturated rings. The summed E-state index contributed by atoms with van der Waals surface area (Å²) in [6.07, 6.45) is 5.45. The van der Waals surface area contributed by atoms with Crippen LogP contribution in [0.25, 0.3) is 0 Å². The molecule has 1 aromatic rings. The maximum atomic E-state index is 12.5. The van der Waals surface area contributed by atoms with Gasteiger partial charge in [0.05, 0.1) is 10.9 Å². The van der Waals surface area contributed by atoms with Gasteiger partial charge in [-0.15, -0.1) is 0 Å². The van der Waals surface area contributed by atoms with Gasteiger partial charge in [0, 0.05) is 37.9 Å². The normalized spacial score (nSPS) is 30.7. The summed E-state index contributed by atoms with van der Waals surface area (Å²) in [4.78, 5) is 6.80. The number of aromatic nitrogens is 1. The summed E-state index contributed by atoms with van der Waals surface area (Å²) in [7, 11) is -3.02. The van der Waals surface area contributed by atoms with Gasteiger partial charge in [0.15, 0.2) is 0 Å². The van der Waals surface area contributed by atoms with Crippen LogP contribution in [0, 0.1) is 0 Å². The first-order valence-corrected chi connectivity index (χ1v) is 9.31. The molecule has 0 spiro atoms. The van der Waals surface area contributed by atoms with E-state index in [0.717, 1.165) is 44.5 Å². The number of pyridine rings is 1. The molecule has 0 N–H and O–H groups in total. The molecule has 2 atom stereocenters. The van der Waals surface area contributed by atoms with E-state index < -0.39 is 10.0 Å². The molecule has 4 rings (SSSR count). The Morgan fingerprint density at radius 3 is 2.62 bits per heavy atom. The lowest BCUT2D eigenvalue weighted by Crippen LogP contribution is -2.41. The molecule has 6 heteroatoms. The highest BCUT2D eigenvalue weighted by Crippen LogP contribution is 2.39. The lowest BCUT2D eigenvalue weighted by atomic mass is 10.1. The number of fused-ring (bicyclic) bond motifs is 1.